The third-order valence-electron chi connectivity index (χ3n) is 3.84. The van der Waals surface area contributed by atoms with E-state index in [4.69, 9.17) is 5.73 Å². The van der Waals surface area contributed by atoms with E-state index in [-0.39, 0.29) is 0 Å². The van der Waals surface area contributed by atoms with Crippen LogP contribution in [0.25, 0.3) is 11.2 Å². The minimum absolute atomic E-state index is 0.409. The van der Waals surface area contributed by atoms with Gasteiger partial charge in [-0.2, -0.15) is 0 Å². The highest BCUT2D eigenvalue weighted by molar-refractivity contribution is 5.80. The topological polar surface area (TPSA) is 96.6 Å². The lowest BCUT2D eigenvalue weighted by Gasteiger charge is -2.18. The van der Waals surface area contributed by atoms with E-state index in [1.165, 1.54) is 37.6 Å². The van der Waals surface area contributed by atoms with E-state index in [0.29, 0.717) is 23.0 Å². The number of nitrogen functional groups attached to an aromatic ring is 1. The van der Waals surface area contributed by atoms with Crippen LogP contribution in [0.2, 0.25) is 0 Å². The summed E-state index contributed by atoms with van der Waals surface area (Å²) in [6.07, 6.45) is 9.34. The molecule has 0 spiro atoms. The number of hydrogen-bond donors (Lipinski definition) is 2. The standard InChI is InChI=1S/C10H14N2.C5H5N5/c1-12-7-3-5-10(12)9-4-2-6-11-8-9;6-4-3-5(9-1-7-3)10-2-8-4/h2,4,6,8,10H,3,5,7H2,1H3;1-2H,(H3,6,7,8,9,10)/t10-;/m0./s1. The van der Waals surface area contributed by atoms with Crippen molar-refractivity contribution in [3.05, 3.63) is 42.7 Å². The maximum absolute atomic E-state index is 5.47. The number of rotatable bonds is 1. The minimum Gasteiger partial charge on any atom is -0.382 e. The summed E-state index contributed by atoms with van der Waals surface area (Å²) >= 11 is 0. The van der Waals surface area contributed by atoms with Crippen LogP contribution in [0, 0.1) is 0 Å². The molecule has 0 bridgehead atoms. The molecule has 4 heterocycles. The molecule has 0 unspecified atom stereocenters. The van der Waals surface area contributed by atoms with Gasteiger partial charge in [-0.3, -0.25) is 9.88 Å². The highest BCUT2D eigenvalue weighted by Gasteiger charge is 2.21. The Balaban J connectivity index is 0.000000133. The predicted molar refractivity (Wildman–Crippen MR) is 84.9 cm³/mol. The molecule has 7 heteroatoms. The molecule has 0 amide bonds. The second-order valence-electron chi connectivity index (χ2n) is 5.28. The highest BCUT2D eigenvalue weighted by atomic mass is 15.1. The Bertz CT molecular complexity index is 725. The van der Waals surface area contributed by atoms with E-state index >= 15 is 0 Å². The fourth-order valence-electron chi connectivity index (χ4n) is 2.69. The number of aromatic amines is 1. The molecule has 114 valence electrons. The molecule has 4 rings (SSSR count). The van der Waals surface area contributed by atoms with Crippen LogP contribution in [-0.4, -0.2) is 43.4 Å². The number of aromatic nitrogens is 5. The summed E-state index contributed by atoms with van der Waals surface area (Å²) in [5.74, 6) is 0.409. The number of hydrogen-bond acceptors (Lipinski definition) is 6. The second kappa shape index (κ2) is 6.48. The molecule has 3 aromatic rings. The first kappa shape index (κ1) is 14.4. The molecule has 1 atom stereocenters. The SMILES string of the molecule is CN1CCC[C@H]1c1cccnc1.Nc1ncnc2[nH]cnc12. The molecule has 3 N–H and O–H groups in total. The third-order valence-corrected chi connectivity index (χ3v) is 3.84. The van der Waals surface area contributed by atoms with Gasteiger partial charge in [0.25, 0.3) is 0 Å². The smallest absolute Gasteiger partial charge is 0.162 e. The van der Waals surface area contributed by atoms with Crippen LogP contribution < -0.4 is 5.73 Å². The van der Waals surface area contributed by atoms with Gasteiger partial charge in [0.15, 0.2) is 11.5 Å². The first-order valence-corrected chi connectivity index (χ1v) is 7.25. The average molecular weight is 297 g/mol. The Morgan fingerprint density at radius 2 is 2.23 bits per heavy atom. The van der Waals surface area contributed by atoms with Crippen molar-refractivity contribution < 1.29 is 0 Å². The van der Waals surface area contributed by atoms with Crippen molar-refractivity contribution in [2.45, 2.75) is 18.9 Å². The molecule has 1 aliphatic heterocycles. The number of nitrogens with two attached hydrogens (primary N) is 1. The van der Waals surface area contributed by atoms with Gasteiger partial charge in [-0.15, -0.1) is 0 Å². The first-order valence-electron chi connectivity index (χ1n) is 7.25. The molecule has 7 nitrogen and oxygen atoms in total. The predicted octanol–water partition coefficient (Wildman–Crippen LogP) is 1.78. The monoisotopic (exact) mass is 297 g/mol. The fraction of sp³-hybridized carbons (Fsp3) is 0.333. The van der Waals surface area contributed by atoms with Gasteiger partial charge < -0.3 is 10.7 Å². The molecule has 0 aromatic carbocycles. The van der Waals surface area contributed by atoms with Gasteiger partial charge in [0.2, 0.25) is 0 Å². The van der Waals surface area contributed by atoms with Crippen molar-refractivity contribution in [1.29, 1.82) is 0 Å². The number of likely N-dealkylation sites (tertiary alicyclic amines) is 1. The van der Waals surface area contributed by atoms with Gasteiger partial charge in [-0.25, -0.2) is 15.0 Å². The van der Waals surface area contributed by atoms with E-state index in [9.17, 15) is 0 Å². The average Bonchev–Trinajstić information content (AvgIpc) is 3.18. The number of nitrogens with one attached hydrogen (secondary N) is 1. The summed E-state index contributed by atoms with van der Waals surface area (Å²) < 4.78 is 0. The van der Waals surface area contributed by atoms with Crippen LogP contribution >= 0.6 is 0 Å². The molecule has 0 saturated carbocycles. The largest absolute Gasteiger partial charge is 0.382 e. The minimum atomic E-state index is 0.409. The van der Waals surface area contributed by atoms with Crippen LogP contribution in [0.1, 0.15) is 24.4 Å². The van der Waals surface area contributed by atoms with E-state index < -0.39 is 0 Å². The zero-order valence-corrected chi connectivity index (χ0v) is 12.5. The third kappa shape index (κ3) is 3.04. The lowest BCUT2D eigenvalue weighted by Crippen LogP contribution is -2.17. The fourth-order valence-corrected chi connectivity index (χ4v) is 2.69. The Hall–Kier alpha value is -2.54. The summed E-state index contributed by atoms with van der Waals surface area (Å²) in [7, 11) is 2.19. The summed E-state index contributed by atoms with van der Waals surface area (Å²) in [4.78, 5) is 20.9. The van der Waals surface area contributed by atoms with Gasteiger partial charge in [0, 0.05) is 18.4 Å². The van der Waals surface area contributed by atoms with E-state index in [1.54, 1.807) is 0 Å². The van der Waals surface area contributed by atoms with Crippen LogP contribution in [0.3, 0.4) is 0 Å². The Labute approximate surface area is 128 Å². The molecule has 1 aliphatic rings. The second-order valence-corrected chi connectivity index (χ2v) is 5.28. The van der Waals surface area contributed by atoms with Crippen molar-refractivity contribution in [3.8, 4) is 0 Å². The molecule has 0 aliphatic carbocycles. The van der Waals surface area contributed by atoms with Crippen molar-refractivity contribution in [1.82, 2.24) is 29.8 Å². The lowest BCUT2D eigenvalue weighted by molar-refractivity contribution is 0.317. The van der Waals surface area contributed by atoms with Gasteiger partial charge in [-0.05, 0) is 38.1 Å². The number of H-pyrrole nitrogens is 1. The van der Waals surface area contributed by atoms with Gasteiger partial charge >= 0.3 is 0 Å². The molecule has 1 fully saturated rings. The molecular weight excluding hydrogens is 278 g/mol. The zero-order chi connectivity index (χ0) is 15.4. The van der Waals surface area contributed by atoms with Gasteiger partial charge in [0.1, 0.15) is 11.8 Å². The summed E-state index contributed by atoms with van der Waals surface area (Å²) in [6.45, 7) is 1.22. The molecule has 1 saturated heterocycles. The quantitative estimate of drug-likeness (QED) is 0.710. The van der Waals surface area contributed by atoms with Crippen LogP contribution in [-0.2, 0) is 0 Å². The number of imidazole rings is 1. The summed E-state index contributed by atoms with van der Waals surface area (Å²) in [6, 6.07) is 4.79. The highest BCUT2D eigenvalue weighted by Crippen LogP contribution is 2.29. The number of fused-ring (bicyclic) bond motifs is 1. The Morgan fingerprint density at radius 3 is 2.91 bits per heavy atom. The van der Waals surface area contributed by atoms with Gasteiger partial charge in [0.05, 0.1) is 6.33 Å². The van der Waals surface area contributed by atoms with Crippen molar-refractivity contribution in [3.63, 3.8) is 0 Å². The Morgan fingerprint density at radius 1 is 1.32 bits per heavy atom. The molecule has 3 aromatic heterocycles. The maximum atomic E-state index is 5.47. The van der Waals surface area contributed by atoms with E-state index in [1.807, 2.05) is 18.5 Å². The number of anilines is 1. The Kier molecular flexibility index (Phi) is 4.24. The van der Waals surface area contributed by atoms with Crippen molar-refractivity contribution in [2.75, 3.05) is 19.3 Å². The van der Waals surface area contributed by atoms with Crippen molar-refractivity contribution >= 4 is 17.0 Å². The molecular formula is C15H19N7. The summed E-state index contributed by atoms with van der Waals surface area (Å²) in [5.41, 5.74) is 8.13. The molecule has 0 radical (unpaired) electrons. The van der Waals surface area contributed by atoms with E-state index in [2.05, 4.69) is 42.9 Å². The van der Waals surface area contributed by atoms with Gasteiger partial charge in [-0.1, -0.05) is 6.07 Å². The summed E-state index contributed by atoms with van der Waals surface area (Å²) in [5, 5.41) is 0. The maximum Gasteiger partial charge on any atom is 0.162 e. The van der Waals surface area contributed by atoms with Crippen molar-refractivity contribution in [2.24, 2.45) is 0 Å². The van der Waals surface area contributed by atoms with Crippen LogP contribution in [0.5, 0.6) is 0 Å². The van der Waals surface area contributed by atoms with E-state index in [0.717, 1.165) is 0 Å². The normalized spacial score (nSPS) is 18.1. The molecule has 22 heavy (non-hydrogen) atoms. The zero-order valence-electron chi connectivity index (χ0n) is 12.5. The first-order chi connectivity index (χ1) is 10.8. The number of nitrogens with zero attached hydrogens (tertiary/aromatic N) is 5. The lowest BCUT2D eigenvalue weighted by atomic mass is 10.1. The van der Waals surface area contributed by atoms with Crippen LogP contribution in [0.15, 0.2) is 37.2 Å². The number of pyridine rings is 1. The van der Waals surface area contributed by atoms with Crippen LogP contribution in [0.4, 0.5) is 5.82 Å².